The van der Waals surface area contributed by atoms with E-state index in [9.17, 15) is 15.0 Å². The fraction of sp³-hybridized carbons (Fsp3) is 0.316. The third kappa shape index (κ3) is 5.51. The number of carboxylic acids is 1. The topological polar surface area (TPSA) is 83.5 Å². The smallest absolute Gasteiger partial charge is 0.306 e. The molecule has 0 bridgehead atoms. The molecule has 0 fully saturated rings. The van der Waals surface area contributed by atoms with Gasteiger partial charge in [-0.05, 0) is 30.4 Å². The lowest BCUT2D eigenvalue weighted by molar-refractivity contribution is -0.142. The molecule has 0 aliphatic rings. The average Bonchev–Trinajstić information content (AvgIpc) is 2.56. The number of benzene rings is 2. The van der Waals surface area contributed by atoms with Crippen LogP contribution in [0.3, 0.4) is 0 Å². The molecule has 0 aliphatic carbocycles. The van der Waals surface area contributed by atoms with E-state index < -0.39 is 24.0 Å². The lowest BCUT2D eigenvalue weighted by Gasteiger charge is -2.22. The van der Waals surface area contributed by atoms with E-state index in [0.717, 1.165) is 11.1 Å². The third-order valence-electron chi connectivity index (χ3n) is 4.01. The summed E-state index contributed by atoms with van der Waals surface area (Å²) in [7, 11) is 0. The summed E-state index contributed by atoms with van der Waals surface area (Å²) in [4.78, 5) is 11.5. The van der Waals surface area contributed by atoms with Gasteiger partial charge in [0.2, 0.25) is 0 Å². The van der Waals surface area contributed by atoms with Crippen molar-refractivity contribution in [2.24, 2.45) is 11.7 Å². The van der Waals surface area contributed by atoms with E-state index in [-0.39, 0.29) is 6.42 Å². The molecule has 0 heterocycles. The highest BCUT2D eigenvalue weighted by Crippen LogP contribution is 2.17. The van der Waals surface area contributed by atoms with Crippen LogP contribution in [0.25, 0.3) is 0 Å². The Kier molecular flexibility index (Phi) is 6.32. The molecule has 4 heteroatoms. The molecule has 3 atom stereocenters. The van der Waals surface area contributed by atoms with Crippen molar-refractivity contribution < 1.29 is 15.0 Å². The lowest BCUT2D eigenvalue weighted by atomic mass is 9.90. The fourth-order valence-corrected chi connectivity index (χ4v) is 2.66. The fourth-order valence-electron chi connectivity index (χ4n) is 2.66. The summed E-state index contributed by atoms with van der Waals surface area (Å²) in [5, 5.41) is 19.7. The van der Waals surface area contributed by atoms with Crippen molar-refractivity contribution >= 4 is 5.97 Å². The number of carbonyl (C=O) groups is 1. The van der Waals surface area contributed by atoms with Crippen LogP contribution in [0.15, 0.2) is 60.7 Å². The van der Waals surface area contributed by atoms with Crippen LogP contribution in [0.4, 0.5) is 0 Å². The van der Waals surface area contributed by atoms with Crippen molar-refractivity contribution in [1.29, 1.82) is 0 Å². The van der Waals surface area contributed by atoms with E-state index in [2.05, 4.69) is 0 Å². The summed E-state index contributed by atoms with van der Waals surface area (Å²) in [5.74, 6) is -1.55. The van der Waals surface area contributed by atoms with E-state index in [0.29, 0.717) is 12.8 Å². The van der Waals surface area contributed by atoms with Gasteiger partial charge in [-0.3, -0.25) is 4.79 Å². The van der Waals surface area contributed by atoms with E-state index in [1.54, 1.807) is 0 Å². The van der Waals surface area contributed by atoms with Crippen molar-refractivity contribution in [3.8, 4) is 0 Å². The van der Waals surface area contributed by atoms with Crippen LogP contribution in [0.5, 0.6) is 0 Å². The first-order valence-electron chi connectivity index (χ1n) is 7.80. The van der Waals surface area contributed by atoms with Gasteiger partial charge in [-0.1, -0.05) is 60.7 Å². The maximum atomic E-state index is 11.5. The highest BCUT2D eigenvalue weighted by atomic mass is 16.4. The Morgan fingerprint density at radius 2 is 1.39 bits per heavy atom. The summed E-state index contributed by atoms with van der Waals surface area (Å²) >= 11 is 0. The Morgan fingerprint density at radius 3 is 1.87 bits per heavy atom. The quantitative estimate of drug-likeness (QED) is 0.698. The number of hydrogen-bond acceptors (Lipinski definition) is 3. The second-order valence-electron chi connectivity index (χ2n) is 5.88. The maximum absolute atomic E-state index is 11.5. The van der Waals surface area contributed by atoms with Gasteiger partial charge in [0.1, 0.15) is 0 Å². The van der Waals surface area contributed by atoms with Crippen molar-refractivity contribution in [3.63, 3.8) is 0 Å². The highest BCUT2D eigenvalue weighted by molar-refractivity contribution is 5.70. The van der Waals surface area contributed by atoms with Gasteiger partial charge in [0.25, 0.3) is 0 Å². The molecule has 0 amide bonds. The van der Waals surface area contributed by atoms with Crippen molar-refractivity contribution in [3.05, 3.63) is 71.8 Å². The molecule has 122 valence electrons. The summed E-state index contributed by atoms with van der Waals surface area (Å²) in [6.45, 7) is 0. The Morgan fingerprint density at radius 1 is 0.913 bits per heavy atom. The summed E-state index contributed by atoms with van der Waals surface area (Å²) in [6.07, 6.45) is 0.225. The number of hydrogen-bond donors (Lipinski definition) is 3. The van der Waals surface area contributed by atoms with Gasteiger partial charge in [-0.2, -0.15) is 0 Å². The second kappa shape index (κ2) is 8.46. The number of aliphatic hydroxyl groups excluding tert-OH is 1. The van der Waals surface area contributed by atoms with Crippen molar-refractivity contribution in [1.82, 2.24) is 0 Å². The molecule has 0 spiro atoms. The van der Waals surface area contributed by atoms with Gasteiger partial charge >= 0.3 is 5.97 Å². The molecule has 4 nitrogen and oxygen atoms in total. The molecule has 0 radical (unpaired) electrons. The Hall–Kier alpha value is -2.17. The first kappa shape index (κ1) is 17.2. The van der Waals surface area contributed by atoms with E-state index in [4.69, 9.17) is 5.73 Å². The lowest BCUT2D eigenvalue weighted by Crippen LogP contribution is -2.39. The first-order valence-corrected chi connectivity index (χ1v) is 7.80. The van der Waals surface area contributed by atoms with Crippen LogP contribution in [0.2, 0.25) is 0 Å². The molecular formula is C19H23NO3. The Balaban J connectivity index is 1.94. The second-order valence-corrected chi connectivity index (χ2v) is 5.88. The van der Waals surface area contributed by atoms with Gasteiger partial charge in [-0.25, -0.2) is 0 Å². The van der Waals surface area contributed by atoms with Gasteiger partial charge in [0.05, 0.1) is 12.0 Å². The number of nitrogens with two attached hydrogens (primary N) is 1. The number of rotatable bonds is 8. The van der Waals surface area contributed by atoms with E-state index in [1.165, 1.54) is 0 Å². The Labute approximate surface area is 136 Å². The number of aliphatic carboxylic acids is 1. The minimum Gasteiger partial charge on any atom is -0.481 e. The molecule has 2 aromatic rings. The molecule has 0 aliphatic heterocycles. The van der Waals surface area contributed by atoms with Crippen molar-refractivity contribution in [2.75, 3.05) is 0 Å². The number of carboxylic acid groups (broad SMARTS) is 1. The highest BCUT2D eigenvalue weighted by Gasteiger charge is 2.25. The van der Waals surface area contributed by atoms with Crippen LogP contribution in [-0.4, -0.2) is 28.3 Å². The zero-order chi connectivity index (χ0) is 16.7. The van der Waals surface area contributed by atoms with Crippen molar-refractivity contribution in [2.45, 2.75) is 31.4 Å². The van der Waals surface area contributed by atoms with Gasteiger partial charge in [-0.15, -0.1) is 0 Å². The van der Waals surface area contributed by atoms with Gasteiger partial charge in [0, 0.05) is 6.04 Å². The van der Waals surface area contributed by atoms with Crippen LogP contribution < -0.4 is 5.73 Å². The largest absolute Gasteiger partial charge is 0.481 e. The molecule has 0 aromatic heterocycles. The molecule has 0 saturated carbocycles. The number of aliphatic hydroxyl groups is 1. The normalized spacial score (nSPS) is 14.9. The third-order valence-corrected chi connectivity index (χ3v) is 4.01. The minimum absolute atomic E-state index is 0.151. The predicted octanol–water partition coefficient (Wildman–Crippen LogP) is 2.25. The first-order chi connectivity index (χ1) is 11.1. The molecule has 0 unspecified atom stereocenters. The van der Waals surface area contributed by atoms with Crippen LogP contribution in [-0.2, 0) is 17.6 Å². The zero-order valence-electron chi connectivity index (χ0n) is 13.0. The standard InChI is InChI=1S/C19H23NO3/c20-17(12-15-9-5-2-6-10-15)18(21)13-16(19(22)23)11-14-7-3-1-4-8-14/h1-10,16-18,21H,11-13,20H2,(H,22,23)/t16-,17+,18+/m1/s1. The summed E-state index contributed by atoms with van der Waals surface area (Å²) in [5.41, 5.74) is 8.03. The SMILES string of the molecule is N[C@@H](Cc1ccccc1)[C@@H](O)C[C@@H](Cc1ccccc1)C(=O)O. The van der Waals surface area contributed by atoms with Gasteiger partial charge < -0.3 is 15.9 Å². The van der Waals surface area contributed by atoms with Gasteiger partial charge in [0.15, 0.2) is 0 Å². The predicted molar refractivity (Wildman–Crippen MR) is 90.0 cm³/mol. The molecule has 2 aromatic carbocycles. The minimum atomic E-state index is -0.903. The van der Waals surface area contributed by atoms with E-state index in [1.807, 2.05) is 60.7 Å². The maximum Gasteiger partial charge on any atom is 0.306 e. The molecule has 2 rings (SSSR count). The molecule has 0 saturated heterocycles. The summed E-state index contributed by atoms with van der Waals surface area (Å²) < 4.78 is 0. The van der Waals surface area contributed by atoms with Crippen LogP contribution >= 0.6 is 0 Å². The Bertz CT molecular complexity index is 601. The molecule has 4 N–H and O–H groups in total. The summed E-state index contributed by atoms with van der Waals surface area (Å²) in [6, 6.07) is 18.6. The van der Waals surface area contributed by atoms with E-state index >= 15 is 0 Å². The average molecular weight is 313 g/mol. The van der Waals surface area contributed by atoms with Crippen LogP contribution in [0.1, 0.15) is 17.5 Å². The monoisotopic (exact) mass is 313 g/mol. The zero-order valence-corrected chi connectivity index (χ0v) is 13.0. The molecule has 23 heavy (non-hydrogen) atoms. The molecular weight excluding hydrogens is 290 g/mol. The van der Waals surface area contributed by atoms with Crippen LogP contribution in [0, 0.1) is 5.92 Å².